The van der Waals surface area contributed by atoms with Crippen molar-refractivity contribution in [2.24, 2.45) is 17.8 Å². The molecule has 0 radical (unpaired) electrons. The van der Waals surface area contributed by atoms with Gasteiger partial charge >= 0.3 is 0 Å². The first-order valence-corrected chi connectivity index (χ1v) is 4.62. The molecule has 0 N–H and O–H groups in total. The van der Waals surface area contributed by atoms with Crippen LogP contribution < -0.4 is 0 Å². The Morgan fingerprint density at radius 1 is 1.18 bits per heavy atom. The van der Waals surface area contributed by atoms with E-state index in [-0.39, 0.29) is 5.79 Å². The smallest absolute Gasteiger partial charge is 0.175 e. The van der Waals surface area contributed by atoms with Crippen LogP contribution in [0, 0.1) is 17.8 Å². The van der Waals surface area contributed by atoms with Crippen molar-refractivity contribution >= 4 is 0 Å². The Bertz CT molecular complexity index is 184. The molecule has 3 unspecified atom stereocenters. The molecule has 2 aliphatic carbocycles. The van der Waals surface area contributed by atoms with Gasteiger partial charge in [0.25, 0.3) is 0 Å². The van der Waals surface area contributed by atoms with Crippen LogP contribution in [-0.2, 0) is 9.47 Å². The molecule has 1 aliphatic heterocycles. The first kappa shape index (κ1) is 6.44. The average Bonchev–Trinajstić information content (AvgIpc) is 2.30. The van der Waals surface area contributed by atoms with Crippen molar-refractivity contribution in [2.45, 2.75) is 25.6 Å². The van der Waals surface area contributed by atoms with Gasteiger partial charge in [-0.1, -0.05) is 6.92 Å². The molecular formula is C9H14O2. The molecule has 2 heteroatoms. The fraction of sp³-hybridized carbons (Fsp3) is 1.00. The van der Waals surface area contributed by atoms with E-state index in [9.17, 15) is 0 Å². The quantitative estimate of drug-likeness (QED) is 0.525. The highest BCUT2D eigenvalue weighted by atomic mass is 16.7. The molecule has 3 rings (SSSR count). The van der Waals surface area contributed by atoms with Crippen molar-refractivity contribution in [1.29, 1.82) is 0 Å². The first-order valence-electron chi connectivity index (χ1n) is 4.62. The monoisotopic (exact) mass is 154 g/mol. The normalized spacial score (nSPS) is 51.5. The Balaban J connectivity index is 1.84. The lowest BCUT2D eigenvalue weighted by Gasteiger charge is -2.15. The third-order valence-electron chi connectivity index (χ3n) is 3.59. The molecule has 2 saturated carbocycles. The molecule has 1 saturated heterocycles. The van der Waals surface area contributed by atoms with Crippen LogP contribution in [0.1, 0.15) is 19.8 Å². The summed E-state index contributed by atoms with van der Waals surface area (Å²) in [4.78, 5) is 0. The van der Waals surface area contributed by atoms with Crippen molar-refractivity contribution < 1.29 is 9.47 Å². The van der Waals surface area contributed by atoms with E-state index < -0.39 is 0 Å². The van der Waals surface area contributed by atoms with E-state index in [1.54, 1.807) is 0 Å². The standard InChI is InChI=1S/C9H14O2/c1-6-2-3-7-8(6)9(7)10-4-5-11-9/h6-8H,2-5H2,1H3. The summed E-state index contributed by atoms with van der Waals surface area (Å²) >= 11 is 0. The highest BCUT2D eigenvalue weighted by Gasteiger charge is 2.72. The predicted octanol–water partition coefficient (Wildman–Crippen LogP) is 1.41. The number of fused-ring (bicyclic) bond motifs is 3. The van der Waals surface area contributed by atoms with E-state index in [4.69, 9.17) is 9.47 Å². The summed E-state index contributed by atoms with van der Waals surface area (Å²) in [7, 11) is 0. The summed E-state index contributed by atoms with van der Waals surface area (Å²) in [6.07, 6.45) is 2.70. The second-order valence-electron chi connectivity index (χ2n) is 4.11. The number of rotatable bonds is 0. The summed E-state index contributed by atoms with van der Waals surface area (Å²) in [5.41, 5.74) is 0. The molecule has 0 bridgehead atoms. The maximum atomic E-state index is 5.67. The largest absolute Gasteiger partial charge is 0.347 e. The maximum Gasteiger partial charge on any atom is 0.175 e. The van der Waals surface area contributed by atoms with Crippen LogP contribution in [0.25, 0.3) is 0 Å². The fourth-order valence-corrected chi connectivity index (χ4v) is 3.08. The third-order valence-corrected chi connectivity index (χ3v) is 3.59. The molecule has 1 spiro atoms. The van der Waals surface area contributed by atoms with Crippen LogP contribution in [-0.4, -0.2) is 19.0 Å². The van der Waals surface area contributed by atoms with Crippen LogP contribution in [0.2, 0.25) is 0 Å². The molecule has 0 aromatic carbocycles. The minimum Gasteiger partial charge on any atom is -0.347 e. The van der Waals surface area contributed by atoms with Gasteiger partial charge in [0.1, 0.15) is 0 Å². The number of hydrogen-bond donors (Lipinski definition) is 0. The van der Waals surface area contributed by atoms with Gasteiger partial charge < -0.3 is 9.47 Å². The molecule has 3 atom stereocenters. The zero-order valence-corrected chi connectivity index (χ0v) is 6.88. The summed E-state index contributed by atoms with van der Waals surface area (Å²) in [5.74, 6) is 2.25. The van der Waals surface area contributed by atoms with E-state index in [1.807, 2.05) is 0 Å². The molecular weight excluding hydrogens is 140 g/mol. The van der Waals surface area contributed by atoms with Gasteiger partial charge in [-0.15, -0.1) is 0 Å². The third kappa shape index (κ3) is 0.611. The van der Waals surface area contributed by atoms with Crippen LogP contribution in [0.4, 0.5) is 0 Å². The van der Waals surface area contributed by atoms with Gasteiger partial charge in [-0.2, -0.15) is 0 Å². The first-order chi connectivity index (χ1) is 5.34. The predicted molar refractivity (Wildman–Crippen MR) is 40.0 cm³/mol. The van der Waals surface area contributed by atoms with E-state index in [0.717, 1.165) is 31.0 Å². The van der Waals surface area contributed by atoms with Gasteiger partial charge in [-0.3, -0.25) is 0 Å². The van der Waals surface area contributed by atoms with Crippen molar-refractivity contribution in [2.75, 3.05) is 13.2 Å². The second-order valence-corrected chi connectivity index (χ2v) is 4.11. The minimum atomic E-state index is -0.0718. The van der Waals surface area contributed by atoms with Crippen molar-refractivity contribution in [1.82, 2.24) is 0 Å². The van der Waals surface area contributed by atoms with Crippen molar-refractivity contribution in [3.63, 3.8) is 0 Å². The van der Waals surface area contributed by atoms with Crippen molar-refractivity contribution in [3.05, 3.63) is 0 Å². The Labute approximate surface area is 66.9 Å². The molecule has 0 amide bonds. The minimum absolute atomic E-state index is 0.0718. The van der Waals surface area contributed by atoms with Crippen LogP contribution in [0.5, 0.6) is 0 Å². The second kappa shape index (κ2) is 1.80. The highest BCUT2D eigenvalue weighted by Crippen LogP contribution is 2.66. The summed E-state index contributed by atoms with van der Waals surface area (Å²) in [5, 5.41) is 0. The molecule has 3 aliphatic rings. The van der Waals surface area contributed by atoms with E-state index in [2.05, 4.69) is 6.92 Å². The molecule has 2 nitrogen and oxygen atoms in total. The topological polar surface area (TPSA) is 18.5 Å². The van der Waals surface area contributed by atoms with Crippen LogP contribution in [0.3, 0.4) is 0 Å². The average molecular weight is 154 g/mol. The number of hydrogen-bond acceptors (Lipinski definition) is 2. The lowest BCUT2D eigenvalue weighted by atomic mass is 10.1. The lowest BCUT2D eigenvalue weighted by molar-refractivity contribution is -0.104. The van der Waals surface area contributed by atoms with Crippen molar-refractivity contribution in [3.8, 4) is 0 Å². The number of ether oxygens (including phenoxy) is 2. The fourth-order valence-electron chi connectivity index (χ4n) is 3.08. The molecule has 11 heavy (non-hydrogen) atoms. The Hall–Kier alpha value is -0.0800. The van der Waals surface area contributed by atoms with E-state index in [1.165, 1.54) is 12.8 Å². The lowest BCUT2D eigenvalue weighted by Crippen LogP contribution is -2.19. The zero-order chi connectivity index (χ0) is 7.47. The Kier molecular flexibility index (Phi) is 1.06. The van der Waals surface area contributed by atoms with Gasteiger partial charge in [-0.25, -0.2) is 0 Å². The van der Waals surface area contributed by atoms with Gasteiger partial charge in [0.15, 0.2) is 5.79 Å². The highest BCUT2D eigenvalue weighted by molar-refractivity contribution is 5.14. The zero-order valence-electron chi connectivity index (χ0n) is 6.88. The van der Waals surface area contributed by atoms with Crippen LogP contribution >= 0.6 is 0 Å². The van der Waals surface area contributed by atoms with E-state index >= 15 is 0 Å². The van der Waals surface area contributed by atoms with Gasteiger partial charge in [0.2, 0.25) is 0 Å². The SMILES string of the molecule is CC1CCC2C1C21OCCO1. The maximum absolute atomic E-state index is 5.67. The van der Waals surface area contributed by atoms with Gasteiger partial charge in [-0.05, 0) is 18.8 Å². The summed E-state index contributed by atoms with van der Waals surface area (Å²) < 4.78 is 11.3. The molecule has 1 heterocycles. The Morgan fingerprint density at radius 3 is 2.45 bits per heavy atom. The molecule has 0 aromatic heterocycles. The molecule has 62 valence electrons. The Morgan fingerprint density at radius 2 is 1.91 bits per heavy atom. The molecule has 3 fully saturated rings. The van der Waals surface area contributed by atoms with E-state index in [0.29, 0.717) is 0 Å². The summed E-state index contributed by atoms with van der Waals surface area (Å²) in [6.45, 7) is 3.96. The van der Waals surface area contributed by atoms with Gasteiger partial charge in [0, 0.05) is 11.8 Å². The molecule has 0 aromatic rings. The van der Waals surface area contributed by atoms with Gasteiger partial charge in [0.05, 0.1) is 13.2 Å². The summed E-state index contributed by atoms with van der Waals surface area (Å²) in [6, 6.07) is 0. The van der Waals surface area contributed by atoms with Crippen LogP contribution in [0.15, 0.2) is 0 Å².